The zero-order valence-electron chi connectivity index (χ0n) is 5.75. The predicted molar refractivity (Wildman–Crippen MR) is 50.3 cm³/mol. The Morgan fingerprint density at radius 2 is 2.00 bits per heavy atom. The van der Waals surface area contributed by atoms with Crippen LogP contribution >= 0.6 is 35.0 Å². The van der Waals surface area contributed by atoms with Gasteiger partial charge >= 0.3 is 5.30 Å². The van der Waals surface area contributed by atoms with Crippen LogP contribution < -0.4 is 0 Å². The van der Waals surface area contributed by atoms with E-state index in [1.807, 2.05) is 0 Å². The Morgan fingerprint density at radius 3 is 2.50 bits per heavy atom. The highest BCUT2D eigenvalue weighted by molar-refractivity contribution is 8.13. The van der Waals surface area contributed by atoms with Gasteiger partial charge in [-0.15, -0.1) is 0 Å². The highest BCUT2D eigenvalue weighted by Gasteiger charge is 2.03. The van der Waals surface area contributed by atoms with Gasteiger partial charge in [0.1, 0.15) is 0 Å². The fourth-order valence-corrected chi connectivity index (χ4v) is 1.52. The highest BCUT2D eigenvalue weighted by atomic mass is 35.5. The van der Waals surface area contributed by atoms with Gasteiger partial charge in [0.25, 0.3) is 0 Å². The van der Waals surface area contributed by atoms with Crippen LogP contribution in [0.15, 0.2) is 23.1 Å². The maximum Gasteiger partial charge on any atom is 0.369 e. The molecule has 0 aliphatic heterocycles. The van der Waals surface area contributed by atoms with Crippen LogP contribution in [0.25, 0.3) is 0 Å². The summed E-state index contributed by atoms with van der Waals surface area (Å²) in [4.78, 5) is 10.8. The molecular formula is C7H4Cl2O2S. The highest BCUT2D eigenvalue weighted by Crippen LogP contribution is 2.27. The lowest BCUT2D eigenvalue weighted by atomic mass is 10.4. The van der Waals surface area contributed by atoms with Gasteiger partial charge in [-0.3, -0.25) is 0 Å². The van der Waals surface area contributed by atoms with Crippen LogP contribution in [0.4, 0.5) is 4.79 Å². The molecule has 0 heterocycles. The minimum absolute atomic E-state index is 0.364. The monoisotopic (exact) mass is 222 g/mol. The smallest absolute Gasteiger partial charge is 0.369 e. The Labute approximate surface area is 83.5 Å². The molecule has 64 valence electrons. The van der Waals surface area contributed by atoms with E-state index in [-0.39, 0.29) is 0 Å². The van der Waals surface area contributed by atoms with Gasteiger partial charge in [-0.2, -0.15) is 0 Å². The van der Waals surface area contributed by atoms with Crippen LogP contribution in [-0.4, -0.2) is 10.4 Å². The molecule has 0 aliphatic rings. The summed E-state index contributed by atoms with van der Waals surface area (Å²) in [7, 11) is 0. The molecule has 0 radical (unpaired) electrons. The van der Waals surface area contributed by atoms with Crippen molar-refractivity contribution in [2.45, 2.75) is 4.90 Å². The largest absolute Gasteiger partial charge is 0.473 e. The number of carboxylic acid groups (broad SMARTS) is 1. The van der Waals surface area contributed by atoms with Crippen molar-refractivity contribution in [1.82, 2.24) is 0 Å². The first-order valence-corrected chi connectivity index (χ1v) is 4.52. The number of halogens is 2. The number of benzene rings is 1. The summed E-state index contributed by atoms with van der Waals surface area (Å²) in [6, 6.07) is 4.69. The Bertz CT molecular complexity index is 314. The molecule has 0 bridgehead atoms. The minimum atomic E-state index is -0.964. The average molecular weight is 223 g/mol. The second-order valence-corrected chi connectivity index (χ2v) is 3.78. The van der Waals surface area contributed by atoms with E-state index >= 15 is 0 Å². The number of hydrogen-bond acceptors (Lipinski definition) is 2. The maximum atomic E-state index is 10.3. The molecule has 1 N–H and O–H groups in total. The van der Waals surface area contributed by atoms with Gasteiger partial charge in [0.15, 0.2) is 0 Å². The van der Waals surface area contributed by atoms with E-state index in [4.69, 9.17) is 28.3 Å². The third-order valence-corrected chi connectivity index (χ3v) is 2.50. The van der Waals surface area contributed by atoms with Crippen LogP contribution in [0.3, 0.4) is 0 Å². The molecule has 0 spiro atoms. The molecular weight excluding hydrogens is 219 g/mol. The lowest BCUT2D eigenvalue weighted by molar-refractivity contribution is 0.222. The lowest BCUT2D eigenvalue weighted by Gasteiger charge is -1.98. The quantitative estimate of drug-likeness (QED) is 0.736. The van der Waals surface area contributed by atoms with E-state index < -0.39 is 5.30 Å². The van der Waals surface area contributed by atoms with Gasteiger partial charge in [-0.1, -0.05) is 23.2 Å². The molecule has 1 aromatic rings. The summed E-state index contributed by atoms with van der Waals surface area (Å²) in [6.07, 6.45) is 0. The second kappa shape index (κ2) is 4.03. The molecule has 0 fully saturated rings. The fourth-order valence-electron chi connectivity index (χ4n) is 0.641. The first kappa shape index (κ1) is 9.71. The van der Waals surface area contributed by atoms with E-state index in [1.54, 1.807) is 12.1 Å². The number of rotatable bonds is 1. The Hall–Kier alpha value is -0.380. The summed E-state index contributed by atoms with van der Waals surface area (Å²) in [6.45, 7) is 0. The van der Waals surface area contributed by atoms with E-state index in [1.165, 1.54) is 6.07 Å². The Kier molecular flexibility index (Phi) is 3.26. The number of hydrogen-bond donors (Lipinski definition) is 1. The van der Waals surface area contributed by atoms with Crippen LogP contribution in [0.5, 0.6) is 0 Å². The Morgan fingerprint density at radius 1 is 1.33 bits per heavy atom. The Balaban J connectivity index is 2.89. The molecule has 0 amide bonds. The summed E-state index contributed by atoms with van der Waals surface area (Å²) in [5.41, 5.74) is 0. The van der Waals surface area contributed by atoms with Gasteiger partial charge < -0.3 is 5.11 Å². The molecule has 2 nitrogen and oxygen atoms in total. The third-order valence-electron chi connectivity index (χ3n) is 1.10. The summed E-state index contributed by atoms with van der Waals surface area (Å²) < 4.78 is 0. The molecule has 12 heavy (non-hydrogen) atoms. The van der Waals surface area contributed by atoms with E-state index in [2.05, 4.69) is 0 Å². The zero-order chi connectivity index (χ0) is 9.14. The van der Waals surface area contributed by atoms with Crippen molar-refractivity contribution in [3.63, 3.8) is 0 Å². The van der Waals surface area contributed by atoms with Gasteiger partial charge in [0.05, 0.1) is 10.0 Å². The van der Waals surface area contributed by atoms with Crippen molar-refractivity contribution in [1.29, 1.82) is 0 Å². The van der Waals surface area contributed by atoms with Gasteiger partial charge in [-0.25, -0.2) is 4.79 Å². The maximum absolute atomic E-state index is 10.3. The molecule has 5 heteroatoms. The third kappa shape index (κ3) is 2.59. The standard InChI is InChI=1S/C7H4Cl2O2S/c8-5-2-1-4(3-6(5)9)12-7(10)11/h1-3H,(H,10,11). The van der Waals surface area contributed by atoms with Crippen molar-refractivity contribution in [2.75, 3.05) is 0 Å². The lowest BCUT2D eigenvalue weighted by Crippen LogP contribution is -1.82. The SMILES string of the molecule is O=C(O)Sc1ccc(Cl)c(Cl)c1. The van der Waals surface area contributed by atoms with Crippen molar-refractivity contribution in [3.8, 4) is 0 Å². The normalized spacial score (nSPS) is 9.83. The molecule has 0 saturated heterocycles. The molecule has 1 rings (SSSR count). The number of thioether (sulfide) groups is 1. The molecule has 0 saturated carbocycles. The van der Waals surface area contributed by atoms with E-state index in [9.17, 15) is 4.79 Å². The second-order valence-electron chi connectivity index (χ2n) is 1.94. The summed E-state index contributed by atoms with van der Waals surface area (Å²) >= 11 is 12.0. The van der Waals surface area contributed by atoms with Crippen molar-refractivity contribution in [3.05, 3.63) is 28.2 Å². The molecule has 0 atom stereocenters. The van der Waals surface area contributed by atoms with Gasteiger partial charge in [-0.05, 0) is 30.0 Å². The van der Waals surface area contributed by atoms with E-state index in [0.717, 1.165) is 0 Å². The van der Waals surface area contributed by atoms with Crippen LogP contribution in [0.2, 0.25) is 10.0 Å². The molecule has 1 aromatic carbocycles. The average Bonchev–Trinajstić information content (AvgIpc) is 1.96. The number of carbonyl (C=O) groups is 1. The zero-order valence-corrected chi connectivity index (χ0v) is 8.08. The van der Waals surface area contributed by atoms with Gasteiger partial charge in [0, 0.05) is 4.90 Å². The first-order chi connectivity index (χ1) is 5.59. The van der Waals surface area contributed by atoms with Crippen LogP contribution in [-0.2, 0) is 0 Å². The van der Waals surface area contributed by atoms with Crippen LogP contribution in [0.1, 0.15) is 0 Å². The summed E-state index contributed by atoms with van der Waals surface area (Å²) in [5.74, 6) is 0. The topological polar surface area (TPSA) is 37.3 Å². The van der Waals surface area contributed by atoms with Crippen molar-refractivity contribution in [2.24, 2.45) is 0 Å². The molecule has 0 unspecified atom stereocenters. The minimum Gasteiger partial charge on any atom is -0.473 e. The summed E-state index contributed by atoms with van der Waals surface area (Å²) in [5, 5.41) is 8.24. The predicted octanol–water partition coefficient (Wildman–Crippen LogP) is 3.76. The van der Waals surface area contributed by atoms with Crippen LogP contribution in [0, 0.1) is 0 Å². The first-order valence-electron chi connectivity index (χ1n) is 2.95. The van der Waals surface area contributed by atoms with E-state index in [0.29, 0.717) is 26.7 Å². The fraction of sp³-hybridized carbons (Fsp3) is 0. The molecule has 0 aliphatic carbocycles. The van der Waals surface area contributed by atoms with Crippen molar-refractivity contribution < 1.29 is 9.90 Å². The molecule has 0 aromatic heterocycles. The van der Waals surface area contributed by atoms with Gasteiger partial charge in [0.2, 0.25) is 0 Å². The van der Waals surface area contributed by atoms with Crippen molar-refractivity contribution >= 4 is 40.3 Å².